The lowest BCUT2D eigenvalue weighted by Crippen LogP contribution is -2.58. The molecule has 2 aromatic carbocycles. The van der Waals surface area contributed by atoms with Gasteiger partial charge < -0.3 is 34.2 Å². The third kappa shape index (κ3) is 9.14. The second-order valence-electron chi connectivity index (χ2n) is 10.5. The number of piperazine rings is 2. The molecule has 224 valence electrons. The van der Waals surface area contributed by atoms with Crippen molar-refractivity contribution in [1.82, 2.24) is 10.2 Å². The van der Waals surface area contributed by atoms with Crippen molar-refractivity contribution in [3.8, 4) is 0 Å². The molecule has 0 radical (unpaired) electrons. The number of hydrogen-bond donors (Lipinski definition) is 1. The van der Waals surface area contributed by atoms with Gasteiger partial charge in [0, 0.05) is 54.1 Å². The predicted octanol–water partition coefficient (Wildman–Crippen LogP) is 4.23. The van der Waals surface area contributed by atoms with E-state index in [-0.39, 0.29) is 18.6 Å². The summed E-state index contributed by atoms with van der Waals surface area (Å²) in [5.74, 6) is -0.606. The van der Waals surface area contributed by atoms with Crippen molar-refractivity contribution in [3.63, 3.8) is 0 Å². The first-order valence-corrected chi connectivity index (χ1v) is 14.1. The Kier molecular flexibility index (Phi) is 11.5. The molecule has 10 nitrogen and oxygen atoms in total. The molecule has 1 N–H and O–H groups in total. The van der Waals surface area contributed by atoms with Crippen LogP contribution in [0.2, 0.25) is 10.0 Å². The second-order valence-corrected chi connectivity index (χ2v) is 11.4. The van der Waals surface area contributed by atoms with Gasteiger partial charge in [-0.1, -0.05) is 23.2 Å². The molecule has 2 atom stereocenters. The average molecular weight is 610 g/mol. The summed E-state index contributed by atoms with van der Waals surface area (Å²) in [4.78, 5) is 41.7. The fourth-order valence-corrected chi connectivity index (χ4v) is 4.80. The number of carbonyl (C=O) groups excluding carboxylic acids is 3. The molecule has 2 aromatic rings. The molecule has 0 aliphatic carbocycles. The van der Waals surface area contributed by atoms with Crippen LogP contribution in [0.25, 0.3) is 0 Å². The standard InChI is InChI=1S/C17H23ClN2O4.C12H15ClN2O2/c1-17(2,3)24-16(22)19-9-10-20(14(11-19)15(21)23-4)13-7-5-12(18)6-8-13;1-17-12(16)11-8-14-6-7-15(11)10-4-2-9(13)3-5-10/h5-8,14H,9-11H2,1-4H3;2-5,11,14H,6-8H2,1H3/t14-;11-/m11/s1. The number of halogens is 2. The van der Waals surface area contributed by atoms with Crippen LogP contribution in [0.1, 0.15) is 20.8 Å². The van der Waals surface area contributed by atoms with Crippen molar-refractivity contribution in [3.05, 3.63) is 58.6 Å². The first-order chi connectivity index (χ1) is 19.4. The molecule has 2 fully saturated rings. The number of carbonyl (C=O) groups is 3. The van der Waals surface area contributed by atoms with Gasteiger partial charge in [0.2, 0.25) is 0 Å². The summed E-state index contributed by atoms with van der Waals surface area (Å²) < 4.78 is 15.1. The Hall–Kier alpha value is -3.21. The van der Waals surface area contributed by atoms with E-state index >= 15 is 0 Å². The summed E-state index contributed by atoms with van der Waals surface area (Å²) in [6, 6.07) is 13.9. The third-order valence-corrected chi connectivity index (χ3v) is 7.04. The number of methoxy groups -OCH3 is 2. The van der Waals surface area contributed by atoms with E-state index in [0.717, 1.165) is 24.5 Å². The Morgan fingerprint density at radius 2 is 1.27 bits per heavy atom. The number of esters is 2. The molecule has 12 heteroatoms. The number of nitrogens with one attached hydrogen (secondary N) is 1. The van der Waals surface area contributed by atoms with Crippen molar-refractivity contribution < 1.29 is 28.6 Å². The minimum atomic E-state index is -0.586. The van der Waals surface area contributed by atoms with Crippen LogP contribution in [0.15, 0.2) is 48.5 Å². The Morgan fingerprint density at radius 3 is 1.76 bits per heavy atom. The minimum absolute atomic E-state index is 0.213. The van der Waals surface area contributed by atoms with Crippen LogP contribution >= 0.6 is 23.2 Å². The zero-order valence-electron chi connectivity index (χ0n) is 24.1. The van der Waals surface area contributed by atoms with E-state index in [4.69, 9.17) is 37.4 Å². The van der Waals surface area contributed by atoms with Gasteiger partial charge in [-0.05, 0) is 69.3 Å². The van der Waals surface area contributed by atoms with Crippen LogP contribution in [0, 0.1) is 0 Å². The number of hydrogen-bond acceptors (Lipinski definition) is 9. The van der Waals surface area contributed by atoms with Crippen molar-refractivity contribution >= 4 is 52.6 Å². The number of nitrogens with zero attached hydrogens (tertiary/aromatic N) is 3. The number of amides is 1. The summed E-state index contributed by atoms with van der Waals surface area (Å²) in [5.41, 5.74) is 1.27. The van der Waals surface area contributed by atoms with E-state index in [9.17, 15) is 14.4 Å². The number of benzene rings is 2. The molecule has 41 heavy (non-hydrogen) atoms. The molecule has 4 rings (SSSR count). The van der Waals surface area contributed by atoms with E-state index in [0.29, 0.717) is 29.7 Å². The highest BCUT2D eigenvalue weighted by Crippen LogP contribution is 2.25. The highest BCUT2D eigenvalue weighted by molar-refractivity contribution is 6.30. The first-order valence-electron chi connectivity index (χ1n) is 13.3. The van der Waals surface area contributed by atoms with Crippen LogP contribution in [0.4, 0.5) is 16.2 Å². The predicted molar refractivity (Wildman–Crippen MR) is 160 cm³/mol. The van der Waals surface area contributed by atoms with Crippen LogP contribution in [-0.2, 0) is 23.8 Å². The Balaban J connectivity index is 0.000000239. The minimum Gasteiger partial charge on any atom is -0.467 e. The van der Waals surface area contributed by atoms with Gasteiger partial charge in [0.1, 0.15) is 17.7 Å². The summed E-state index contributed by atoms with van der Waals surface area (Å²) in [5, 5.41) is 4.51. The highest BCUT2D eigenvalue weighted by Gasteiger charge is 2.37. The maximum atomic E-state index is 12.3. The highest BCUT2D eigenvalue weighted by atomic mass is 35.5. The van der Waals surface area contributed by atoms with Gasteiger partial charge in [-0.15, -0.1) is 0 Å². The number of anilines is 2. The van der Waals surface area contributed by atoms with Gasteiger partial charge >= 0.3 is 18.0 Å². The first kappa shape index (κ1) is 32.3. The molecule has 2 aliphatic rings. The number of ether oxygens (including phenoxy) is 3. The molecule has 1 amide bonds. The second kappa shape index (κ2) is 14.6. The zero-order chi connectivity index (χ0) is 30.2. The lowest BCUT2D eigenvalue weighted by Gasteiger charge is -2.41. The van der Waals surface area contributed by atoms with Gasteiger partial charge in [-0.3, -0.25) is 0 Å². The molecule has 0 aromatic heterocycles. The van der Waals surface area contributed by atoms with Gasteiger partial charge in [-0.2, -0.15) is 0 Å². The van der Waals surface area contributed by atoms with Crippen molar-refractivity contribution in [2.45, 2.75) is 38.5 Å². The van der Waals surface area contributed by atoms with E-state index in [1.54, 1.807) is 17.0 Å². The molecule has 0 spiro atoms. The van der Waals surface area contributed by atoms with Crippen LogP contribution in [-0.4, -0.2) is 94.1 Å². The van der Waals surface area contributed by atoms with Crippen molar-refractivity contribution in [1.29, 1.82) is 0 Å². The Labute approximate surface area is 251 Å². The maximum absolute atomic E-state index is 12.3. The fraction of sp³-hybridized carbons (Fsp3) is 0.483. The lowest BCUT2D eigenvalue weighted by atomic mass is 10.1. The van der Waals surface area contributed by atoms with Gasteiger partial charge in [0.15, 0.2) is 0 Å². The smallest absolute Gasteiger partial charge is 0.410 e. The van der Waals surface area contributed by atoms with Crippen LogP contribution < -0.4 is 15.1 Å². The molecule has 2 heterocycles. The van der Waals surface area contributed by atoms with Gasteiger partial charge in [0.25, 0.3) is 0 Å². The summed E-state index contributed by atoms with van der Waals surface area (Å²) >= 11 is 11.8. The third-order valence-electron chi connectivity index (χ3n) is 6.54. The summed E-state index contributed by atoms with van der Waals surface area (Å²) in [6.45, 7) is 8.86. The molecular weight excluding hydrogens is 571 g/mol. The molecular formula is C29H38Cl2N4O6. The monoisotopic (exact) mass is 608 g/mol. The van der Waals surface area contributed by atoms with Gasteiger partial charge in [0.05, 0.1) is 20.8 Å². The molecule has 2 saturated heterocycles. The molecule has 0 saturated carbocycles. The SMILES string of the molecule is COC(=O)[C@H]1CN(C(=O)OC(C)(C)C)CCN1c1ccc(Cl)cc1.COC(=O)[C@H]1CNCCN1c1ccc(Cl)cc1. The fourth-order valence-electron chi connectivity index (χ4n) is 4.55. The normalized spacial score (nSPS) is 19.0. The zero-order valence-corrected chi connectivity index (χ0v) is 25.6. The van der Waals surface area contributed by atoms with E-state index in [1.807, 2.05) is 67.0 Å². The van der Waals surface area contributed by atoms with Crippen molar-refractivity contribution in [2.24, 2.45) is 0 Å². The van der Waals surface area contributed by atoms with Crippen LogP contribution in [0.3, 0.4) is 0 Å². The lowest BCUT2D eigenvalue weighted by molar-refractivity contribution is -0.143. The Bertz CT molecular complexity index is 1170. The van der Waals surface area contributed by atoms with E-state index < -0.39 is 23.7 Å². The maximum Gasteiger partial charge on any atom is 0.410 e. The molecule has 0 bridgehead atoms. The summed E-state index contributed by atoms with van der Waals surface area (Å²) in [7, 11) is 2.76. The summed E-state index contributed by atoms with van der Waals surface area (Å²) in [6.07, 6.45) is -0.424. The Morgan fingerprint density at radius 1 is 0.780 bits per heavy atom. The van der Waals surface area contributed by atoms with Gasteiger partial charge in [-0.25, -0.2) is 14.4 Å². The quantitative estimate of drug-likeness (QED) is 0.403. The topological polar surface area (TPSA) is 101 Å². The average Bonchev–Trinajstić information content (AvgIpc) is 2.96. The van der Waals surface area contributed by atoms with Crippen molar-refractivity contribution in [2.75, 3.05) is 63.3 Å². The molecule has 2 aliphatic heterocycles. The largest absolute Gasteiger partial charge is 0.467 e. The van der Waals surface area contributed by atoms with E-state index in [2.05, 4.69) is 5.32 Å². The van der Waals surface area contributed by atoms with Crippen LogP contribution in [0.5, 0.6) is 0 Å². The number of rotatable bonds is 4. The van der Waals surface area contributed by atoms with E-state index in [1.165, 1.54) is 14.2 Å². The molecule has 0 unspecified atom stereocenters.